The minimum absolute atomic E-state index is 0.184. The fraction of sp³-hybridized carbons (Fsp3) is 0.125. The van der Waals surface area contributed by atoms with Crippen LogP contribution in [-0.4, -0.2) is 9.97 Å². The number of hydrogen-bond donors (Lipinski definition) is 0. The summed E-state index contributed by atoms with van der Waals surface area (Å²) in [4.78, 5) is 8.39. The Balaban J connectivity index is 2.13. The van der Waals surface area contributed by atoms with Gasteiger partial charge in [-0.3, -0.25) is 0 Å². The van der Waals surface area contributed by atoms with Gasteiger partial charge in [-0.15, -0.1) is 0 Å². The van der Waals surface area contributed by atoms with Crippen molar-refractivity contribution in [3.8, 4) is 11.6 Å². The fourth-order valence-corrected chi connectivity index (χ4v) is 2.19. The average Bonchev–Trinajstić information content (AvgIpc) is 2.43. The van der Waals surface area contributed by atoms with Gasteiger partial charge in [0.05, 0.1) is 10.9 Å². The smallest absolute Gasteiger partial charge is 0.231 e. The largest absolute Gasteiger partial charge is 0.438 e. The van der Waals surface area contributed by atoms with Gasteiger partial charge in [0.1, 0.15) is 5.75 Å². The summed E-state index contributed by atoms with van der Waals surface area (Å²) in [5, 5.41) is 1.03. The molecule has 1 heterocycles. The molecule has 0 fully saturated rings. The van der Waals surface area contributed by atoms with Gasteiger partial charge in [-0.05, 0) is 54.8 Å². The van der Waals surface area contributed by atoms with Gasteiger partial charge in [-0.2, -0.15) is 4.98 Å². The van der Waals surface area contributed by atoms with Gasteiger partial charge in [0.2, 0.25) is 11.2 Å². The van der Waals surface area contributed by atoms with Gasteiger partial charge in [0.25, 0.3) is 0 Å². The van der Waals surface area contributed by atoms with Crippen molar-refractivity contribution < 1.29 is 4.74 Å². The van der Waals surface area contributed by atoms with Crippen LogP contribution in [0.4, 0.5) is 0 Å². The van der Waals surface area contributed by atoms with Crippen molar-refractivity contribution in [3.05, 3.63) is 58.9 Å². The Kier molecular flexibility index (Phi) is 3.28. The number of ether oxygens (including phenoxy) is 1. The number of rotatable bonds is 2. The fourth-order valence-electron chi connectivity index (χ4n) is 2.02. The van der Waals surface area contributed by atoms with Gasteiger partial charge >= 0.3 is 0 Å². The third kappa shape index (κ3) is 2.45. The SMILES string of the molecule is Cc1ccc(C)c(Oc2nc(Cl)nc3ccccc23)c1. The molecular weight excluding hydrogens is 272 g/mol. The predicted octanol–water partition coefficient (Wildman–Crippen LogP) is 4.69. The zero-order chi connectivity index (χ0) is 14.1. The average molecular weight is 285 g/mol. The van der Waals surface area contributed by atoms with E-state index in [1.807, 2.05) is 56.3 Å². The number of para-hydroxylation sites is 1. The lowest BCUT2D eigenvalue weighted by atomic mass is 10.1. The molecule has 0 saturated carbocycles. The summed E-state index contributed by atoms with van der Waals surface area (Å²) in [6.07, 6.45) is 0. The first kappa shape index (κ1) is 12.9. The van der Waals surface area contributed by atoms with Crippen LogP contribution in [-0.2, 0) is 0 Å². The molecule has 0 amide bonds. The topological polar surface area (TPSA) is 35.0 Å². The first-order chi connectivity index (χ1) is 9.63. The van der Waals surface area contributed by atoms with E-state index in [9.17, 15) is 0 Å². The standard InChI is InChI=1S/C16H13ClN2O/c1-10-7-8-11(2)14(9-10)20-15-12-5-3-4-6-13(12)18-16(17)19-15/h3-9H,1-2H3. The van der Waals surface area contributed by atoms with E-state index in [-0.39, 0.29) is 5.28 Å². The molecule has 0 radical (unpaired) electrons. The quantitative estimate of drug-likeness (QED) is 0.640. The maximum atomic E-state index is 5.96. The van der Waals surface area contributed by atoms with Gasteiger partial charge in [0.15, 0.2) is 0 Å². The molecule has 4 heteroatoms. The van der Waals surface area contributed by atoms with Crippen LogP contribution in [0.15, 0.2) is 42.5 Å². The molecule has 0 bridgehead atoms. The highest BCUT2D eigenvalue weighted by Gasteiger charge is 2.10. The molecule has 100 valence electrons. The van der Waals surface area contributed by atoms with Crippen LogP contribution in [0.2, 0.25) is 5.28 Å². The van der Waals surface area contributed by atoms with Gasteiger partial charge in [0, 0.05) is 0 Å². The van der Waals surface area contributed by atoms with Crippen molar-refractivity contribution in [3.63, 3.8) is 0 Å². The monoisotopic (exact) mass is 284 g/mol. The van der Waals surface area contributed by atoms with Crippen LogP contribution >= 0.6 is 11.6 Å². The maximum absolute atomic E-state index is 5.96. The van der Waals surface area contributed by atoms with E-state index in [1.54, 1.807) is 0 Å². The number of fused-ring (bicyclic) bond motifs is 1. The summed E-state index contributed by atoms with van der Waals surface area (Å²) < 4.78 is 5.95. The number of hydrogen-bond acceptors (Lipinski definition) is 3. The second-order valence-corrected chi connectivity index (χ2v) is 5.02. The summed E-state index contributed by atoms with van der Waals surface area (Å²) in [7, 11) is 0. The molecule has 0 N–H and O–H groups in total. The Labute approximate surface area is 122 Å². The van der Waals surface area contributed by atoms with Crippen LogP contribution < -0.4 is 4.74 Å². The lowest BCUT2D eigenvalue weighted by Crippen LogP contribution is -1.94. The Morgan fingerprint density at radius 3 is 2.65 bits per heavy atom. The second-order valence-electron chi connectivity index (χ2n) is 4.69. The van der Waals surface area contributed by atoms with E-state index in [0.717, 1.165) is 27.8 Å². The number of benzene rings is 2. The highest BCUT2D eigenvalue weighted by atomic mass is 35.5. The lowest BCUT2D eigenvalue weighted by molar-refractivity contribution is 0.464. The third-order valence-electron chi connectivity index (χ3n) is 3.09. The van der Waals surface area contributed by atoms with Gasteiger partial charge in [-0.1, -0.05) is 24.3 Å². The number of aromatic nitrogens is 2. The van der Waals surface area contributed by atoms with Crippen molar-refractivity contribution in [1.82, 2.24) is 9.97 Å². The Morgan fingerprint density at radius 1 is 1.00 bits per heavy atom. The number of nitrogens with zero attached hydrogens (tertiary/aromatic N) is 2. The van der Waals surface area contributed by atoms with Crippen molar-refractivity contribution in [2.75, 3.05) is 0 Å². The van der Waals surface area contributed by atoms with Crippen LogP contribution in [0.25, 0.3) is 10.9 Å². The molecule has 1 aromatic heterocycles. The highest BCUT2D eigenvalue weighted by molar-refractivity contribution is 6.28. The summed E-state index contributed by atoms with van der Waals surface area (Å²) >= 11 is 5.96. The van der Waals surface area contributed by atoms with Crippen LogP contribution in [0.1, 0.15) is 11.1 Å². The van der Waals surface area contributed by atoms with Gasteiger partial charge < -0.3 is 4.74 Å². The van der Waals surface area contributed by atoms with Crippen LogP contribution in [0, 0.1) is 13.8 Å². The molecule has 0 unspecified atom stereocenters. The number of halogens is 1. The molecule has 3 nitrogen and oxygen atoms in total. The van der Waals surface area contributed by atoms with Crippen molar-refractivity contribution >= 4 is 22.5 Å². The minimum atomic E-state index is 0.184. The minimum Gasteiger partial charge on any atom is -0.438 e. The molecule has 3 aromatic rings. The molecule has 0 aliphatic carbocycles. The molecule has 0 saturated heterocycles. The summed E-state index contributed by atoms with van der Waals surface area (Å²) in [6.45, 7) is 4.02. The molecule has 20 heavy (non-hydrogen) atoms. The molecule has 0 spiro atoms. The van der Waals surface area contributed by atoms with Crippen molar-refractivity contribution in [2.45, 2.75) is 13.8 Å². The van der Waals surface area contributed by atoms with Gasteiger partial charge in [-0.25, -0.2) is 4.98 Å². The first-order valence-corrected chi connectivity index (χ1v) is 6.69. The van der Waals surface area contributed by atoms with E-state index in [1.165, 1.54) is 0 Å². The normalized spacial score (nSPS) is 10.8. The molecular formula is C16H13ClN2O. The third-order valence-corrected chi connectivity index (χ3v) is 3.26. The van der Waals surface area contributed by atoms with E-state index < -0.39 is 0 Å². The first-order valence-electron chi connectivity index (χ1n) is 6.31. The summed E-state index contributed by atoms with van der Waals surface area (Å²) in [6, 6.07) is 13.7. The molecule has 0 aliphatic rings. The number of aryl methyl sites for hydroxylation is 2. The van der Waals surface area contributed by atoms with E-state index in [2.05, 4.69) is 9.97 Å². The Bertz CT molecular complexity index is 787. The highest BCUT2D eigenvalue weighted by Crippen LogP contribution is 2.30. The predicted molar refractivity (Wildman–Crippen MR) is 80.5 cm³/mol. The molecule has 3 rings (SSSR count). The van der Waals surface area contributed by atoms with E-state index in [4.69, 9.17) is 16.3 Å². The Morgan fingerprint density at radius 2 is 1.80 bits per heavy atom. The zero-order valence-corrected chi connectivity index (χ0v) is 12.0. The van der Waals surface area contributed by atoms with E-state index >= 15 is 0 Å². The van der Waals surface area contributed by atoms with Crippen LogP contribution in [0.3, 0.4) is 0 Å². The van der Waals surface area contributed by atoms with Crippen molar-refractivity contribution in [1.29, 1.82) is 0 Å². The lowest BCUT2D eigenvalue weighted by Gasteiger charge is -2.10. The maximum Gasteiger partial charge on any atom is 0.231 e. The Hall–Kier alpha value is -2.13. The van der Waals surface area contributed by atoms with E-state index in [0.29, 0.717) is 5.88 Å². The van der Waals surface area contributed by atoms with Crippen molar-refractivity contribution in [2.24, 2.45) is 0 Å². The van der Waals surface area contributed by atoms with Crippen LogP contribution in [0.5, 0.6) is 11.6 Å². The zero-order valence-electron chi connectivity index (χ0n) is 11.2. The molecule has 0 atom stereocenters. The second kappa shape index (κ2) is 5.10. The summed E-state index contributed by atoms with van der Waals surface area (Å²) in [5.41, 5.74) is 2.96. The molecule has 0 aliphatic heterocycles. The molecule has 2 aromatic carbocycles. The summed E-state index contributed by atoms with van der Waals surface area (Å²) in [5.74, 6) is 1.26.